The molecular weight excluding hydrogens is 266 g/mol. The van der Waals surface area contributed by atoms with Crippen LogP contribution in [0.25, 0.3) is 0 Å². The Bertz CT molecular complexity index is 430. The van der Waals surface area contributed by atoms with Gasteiger partial charge in [-0.25, -0.2) is 0 Å². The maximum absolute atomic E-state index is 12.0. The van der Waals surface area contributed by atoms with Gasteiger partial charge in [0.15, 0.2) is 0 Å². The Hall–Kier alpha value is -1.59. The molecule has 0 aromatic heterocycles. The standard InChI is InChI=1S/C16H25N3O2/c1-14(13-17)16(20)19-9-7-18(8-10-19)11-12-21-15-5-3-2-4-6-15/h2-6,14H,7-13,17H2,1H3. The summed E-state index contributed by atoms with van der Waals surface area (Å²) < 4.78 is 5.70. The van der Waals surface area contributed by atoms with Crippen LogP contribution in [0.4, 0.5) is 0 Å². The first-order valence-corrected chi connectivity index (χ1v) is 7.59. The van der Waals surface area contributed by atoms with Gasteiger partial charge in [-0.2, -0.15) is 0 Å². The molecule has 5 nitrogen and oxygen atoms in total. The molecule has 5 heteroatoms. The van der Waals surface area contributed by atoms with Crippen molar-refractivity contribution in [1.82, 2.24) is 9.80 Å². The number of piperazine rings is 1. The van der Waals surface area contributed by atoms with Crippen LogP contribution in [0.3, 0.4) is 0 Å². The number of carbonyl (C=O) groups excluding carboxylic acids is 1. The predicted molar refractivity (Wildman–Crippen MR) is 83.2 cm³/mol. The zero-order valence-electron chi connectivity index (χ0n) is 12.7. The first-order chi connectivity index (χ1) is 10.2. The van der Waals surface area contributed by atoms with E-state index in [4.69, 9.17) is 10.5 Å². The molecule has 1 unspecified atom stereocenters. The van der Waals surface area contributed by atoms with E-state index in [1.165, 1.54) is 0 Å². The molecule has 21 heavy (non-hydrogen) atoms. The lowest BCUT2D eigenvalue weighted by Crippen LogP contribution is -2.51. The minimum Gasteiger partial charge on any atom is -0.492 e. The molecule has 1 fully saturated rings. The molecular formula is C16H25N3O2. The van der Waals surface area contributed by atoms with Gasteiger partial charge in [0.05, 0.1) is 0 Å². The van der Waals surface area contributed by atoms with Crippen molar-refractivity contribution in [3.05, 3.63) is 30.3 Å². The molecule has 1 heterocycles. The van der Waals surface area contributed by atoms with E-state index in [9.17, 15) is 4.79 Å². The third kappa shape index (κ3) is 4.72. The van der Waals surface area contributed by atoms with Gasteiger partial charge in [-0.15, -0.1) is 0 Å². The minimum atomic E-state index is -0.0713. The fourth-order valence-corrected chi connectivity index (χ4v) is 2.41. The Morgan fingerprint density at radius 3 is 2.52 bits per heavy atom. The highest BCUT2D eigenvalue weighted by atomic mass is 16.5. The molecule has 1 aliphatic heterocycles. The molecule has 1 saturated heterocycles. The maximum Gasteiger partial charge on any atom is 0.226 e. The first-order valence-electron chi connectivity index (χ1n) is 7.59. The second-order valence-electron chi connectivity index (χ2n) is 5.47. The van der Waals surface area contributed by atoms with Crippen LogP contribution in [-0.4, -0.2) is 61.6 Å². The van der Waals surface area contributed by atoms with Crippen LogP contribution < -0.4 is 10.5 Å². The number of para-hydroxylation sites is 1. The largest absolute Gasteiger partial charge is 0.492 e. The number of rotatable bonds is 6. The van der Waals surface area contributed by atoms with Crippen molar-refractivity contribution >= 4 is 5.91 Å². The van der Waals surface area contributed by atoms with E-state index in [0.29, 0.717) is 13.2 Å². The fourth-order valence-electron chi connectivity index (χ4n) is 2.41. The van der Waals surface area contributed by atoms with Crippen LogP contribution in [0.15, 0.2) is 30.3 Å². The number of ether oxygens (including phenoxy) is 1. The van der Waals surface area contributed by atoms with Crippen molar-refractivity contribution in [2.24, 2.45) is 11.7 Å². The molecule has 1 aromatic rings. The molecule has 1 atom stereocenters. The van der Waals surface area contributed by atoms with E-state index < -0.39 is 0 Å². The van der Waals surface area contributed by atoms with Gasteiger partial charge >= 0.3 is 0 Å². The number of carbonyl (C=O) groups is 1. The van der Waals surface area contributed by atoms with Crippen molar-refractivity contribution in [1.29, 1.82) is 0 Å². The quantitative estimate of drug-likeness (QED) is 0.842. The SMILES string of the molecule is CC(CN)C(=O)N1CCN(CCOc2ccccc2)CC1. The summed E-state index contributed by atoms with van der Waals surface area (Å²) in [5, 5.41) is 0. The molecule has 0 spiro atoms. The molecule has 0 bridgehead atoms. The number of benzene rings is 1. The Balaban J connectivity index is 1.66. The highest BCUT2D eigenvalue weighted by molar-refractivity contribution is 5.78. The number of nitrogens with zero attached hydrogens (tertiary/aromatic N) is 2. The molecule has 116 valence electrons. The molecule has 2 N–H and O–H groups in total. The minimum absolute atomic E-state index is 0.0713. The van der Waals surface area contributed by atoms with Gasteiger partial charge in [0.2, 0.25) is 5.91 Å². The van der Waals surface area contributed by atoms with Crippen molar-refractivity contribution in [3.63, 3.8) is 0 Å². The Morgan fingerprint density at radius 2 is 1.90 bits per heavy atom. The highest BCUT2D eigenvalue weighted by Crippen LogP contribution is 2.09. The zero-order valence-corrected chi connectivity index (χ0v) is 12.7. The smallest absolute Gasteiger partial charge is 0.226 e. The second-order valence-corrected chi connectivity index (χ2v) is 5.47. The Labute approximate surface area is 126 Å². The Kier molecular flexibility index (Phi) is 6.02. The van der Waals surface area contributed by atoms with Crippen molar-refractivity contribution < 1.29 is 9.53 Å². The molecule has 1 aliphatic rings. The average Bonchev–Trinajstić information content (AvgIpc) is 2.55. The van der Waals surface area contributed by atoms with Gasteiger partial charge in [-0.1, -0.05) is 25.1 Å². The van der Waals surface area contributed by atoms with E-state index in [1.54, 1.807) is 0 Å². The predicted octanol–water partition coefficient (Wildman–Crippen LogP) is 0.804. The number of nitrogens with two attached hydrogens (primary N) is 1. The second kappa shape index (κ2) is 8.00. The topological polar surface area (TPSA) is 58.8 Å². The summed E-state index contributed by atoms with van der Waals surface area (Å²) >= 11 is 0. The summed E-state index contributed by atoms with van der Waals surface area (Å²) in [5.41, 5.74) is 5.55. The van der Waals surface area contributed by atoms with Crippen LogP contribution >= 0.6 is 0 Å². The third-order valence-electron chi connectivity index (χ3n) is 3.88. The van der Waals surface area contributed by atoms with Crippen LogP contribution in [0, 0.1) is 5.92 Å². The molecule has 1 aromatic carbocycles. The average molecular weight is 291 g/mol. The van der Waals surface area contributed by atoms with Gasteiger partial charge in [0.25, 0.3) is 0 Å². The van der Waals surface area contributed by atoms with Gasteiger partial charge in [0, 0.05) is 45.2 Å². The van der Waals surface area contributed by atoms with E-state index in [-0.39, 0.29) is 11.8 Å². The van der Waals surface area contributed by atoms with Gasteiger partial charge in [-0.05, 0) is 12.1 Å². The third-order valence-corrected chi connectivity index (χ3v) is 3.88. The van der Waals surface area contributed by atoms with Crippen LogP contribution in [0.1, 0.15) is 6.92 Å². The van der Waals surface area contributed by atoms with Crippen LogP contribution in [-0.2, 0) is 4.79 Å². The lowest BCUT2D eigenvalue weighted by atomic mass is 10.1. The summed E-state index contributed by atoms with van der Waals surface area (Å²) in [4.78, 5) is 16.3. The number of amides is 1. The fraction of sp³-hybridized carbons (Fsp3) is 0.562. The van der Waals surface area contributed by atoms with Crippen molar-refractivity contribution in [3.8, 4) is 5.75 Å². The summed E-state index contributed by atoms with van der Waals surface area (Å²) in [5.74, 6) is 1.01. The van der Waals surface area contributed by atoms with Gasteiger partial charge in [-0.3, -0.25) is 9.69 Å². The monoisotopic (exact) mass is 291 g/mol. The van der Waals surface area contributed by atoms with Gasteiger partial charge in [0.1, 0.15) is 12.4 Å². The first kappa shape index (κ1) is 15.8. The highest BCUT2D eigenvalue weighted by Gasteiger charge is 2.23. The molecule has 2 rings (SSSR count). The summed E-state index contributed by atoms with van der Waals surface area (Å²) in [7, 11) is 0. The van der Waals surface area contributed by atoms with Crippen molar-refractivity contribution in [2.75, 3.05) is 45.9 Å². The lowest BCUT2D eigenvalue weighted by Gasteiger charge is -2.35. The van der Waals surface area contributed by atoms with Gasteiger partial charge < -0.3 is 15.4 Å². The van der Waals surface area contributed by atoms with E-state index in [2.05, 4.69) is 4.90 Å². The number of hydrogen-bond donors (Lipinski definition) is 1. The number of hydrogen-bond acceptors (Lipinski definition) is 4. The molecule has 1 amide bonds. The molecule has 0 aliphatic carbocycles. The zero-order chi connectivity index (χ0) is 15.1. The summed E-state index contributed by atoms with van der Waals surface area (Å²) in [6, 6.07) is 9.84. The normalized spacial score (nSPS) is 17.5. The van der Waals surface area contributed by atoms with Crippen LogP contribution in [0.2, 0.25) is 0 Å². The van der Waals surface area contributed by atoms with E-state index >= 15 is 0 Å². The summed E-state index contributed by atoms with van der Waals surface area (Å²) in [6.45, 7) is 7.26. The molecule has 0 radical (unpaired) electrons. The van der Waals surface area contributed by atoms with Crippen LogP contribution in [0.5, 0.6) is 5.75 Å². The summed E-state index contributed by atoms with van der Waals surface area (Å²) in [6.07, 6.45) is 0. The van der Waals surface area contributed by atoms with E-state index in [1.807, 2.05) is 42.2 Å². The van der Waals surface area contributed by atoms with E-state index in [0.717, 1.165) is 38.5 Å². The maximum atomic E-state index is 12.0. The van der Waals surface area contributed by atoms with Crippen molar-refractivity contribution in [2.45, 2.75) is 6.92 Å². The Morgan fingerprint density at radius 1 is 1.24 bits per heavy atom. The molecule has 0 saturated carbocycles. The lowest BCUT2D eigenvalue weighted by molar-refractivity contribution is -0.136.